The number of aryl methyl sites for hydroxylation is 1. The van der Waals surface area contributed by atoms with Crippen LogP contribution in [0.5, 0.6) is 0 Å². The maximum atomic E-state index is 13.7. The molecule has 2 aromatic carbocycles. The summed E-state index contributed by atoms with van der Waals surface area (Å²) >= 11 is 7.70. The topological polar surface area (TPSA) is 0 Å². The molecular weight excluding hydrogens is 356 g/mol. The molecule has 0 saturated carbocycles. The summed E-state index contributed by atoms with van der Waals surface area (Å²) in [6.45, 7) is 1.80. The van der Waals surface area contributed by atoms with Gasteiger partial charge in [0.25, 0.3) is 0 Å². The first kappa shape index (κ1) is 12.8. The monoisotopic (exact) mass is 364 g/mol. The van der Waals surface area contributed by atoms with Crippen LogP contribution in [0.4, 0.5) is 8.78 Å². The van der Waals surface area contributed by atoms with E-state index in [2.05, 4.69) is 0 Å². The molecule has 0 saturated heterocycles. The van der Waals surface area contributed by atoms with Gasteiger partial charge in [0, 0.05) is 5.56 Å². The first-order valence-electron chi connectivity index (χ1n) is 4.90. The van der Waals surface area contributed by atoms with Gasteiger partial charge in [0.15, 0.2) is 0 Å². The van der Waals surface area contributed by atoms with Gasteiger partial charge < -0.3 is 0 Å². The third kappa shape index (κ3) is 2.60. The second kappa shape index (κ2) is 4.90. The fourth-order valence-electron chi connectivity index (χ4n) is 1.57. The molecular formula is C13H8ClF2I. The summed E-state index contributed by atoms with van der Waals surface area (Å²) in [4.78, 5) is 0. The highest BCUT2D eigenvalue weighted by atomic mass is 127. The third-order valence-electron chi connectivity index (χ3n) is 2.42. The molecule has 2 aromatic rings. The van der Waals surface area contributed by atoms with Gasteiger partial charge in [-0.2, -0.15) is 0 Å². The van der Waals surface area contributed by atoms with Crippen molar-refractivity contribution in [2.75, 3.05) is 0 Å². The summed E-state index contributed by atoms with van der Waals surface area (Å²) in [6.07, 6.45) is 0. The first-order chi connectivity index (χ1) is 7.99. The van der Waals surface area contributed by atoms with Crippen LogP contribution in [0.2, 0.25) is 5.02 Å². The molecule has 88 valence electrons. The van der Waals surface area contributed by atoms with Crippen LogP contribution in [0.3, 0.4) is 0 Å². The molecule has 0 nitrogen and oxygen atoms in total. The Bertz CT molecular complexity index is 559. The first-order valence-corrected chi connectivity index (χ1v) is 6.36. The molecule has 0 fully saturated rings. The van der Waals surface area contributed by atoms with Crippen LogP contribution in [-0.2, 0) is 0 Å². The zero-order chi connectivity index (χ0) is 12.6. The van der Waals surface area contributed by atoms with Crippen molar-refractivity contribution in [1.29, 1.82) is 0 Å². The van der Waals surface area contributed by atoms with E-state index in [4.69, 9.17) is 11.6 Å². The highest BCUT2D eigenvalue weighted by Gasteiger charge is 2.11. The van der Waals surface area contributed by atoms with Gasteiger partial charge in [-0.05, 0) is 58.8 Å². The summed E-state index contributed by atoms with van der Waals surface area (Å²) in [6, 6.07) is 7.69. The summed E-state index contributed by atoms with van der Waals surface area (Å²) in [5.41, 5.74) is 1.63. The van der Waals surface area contributed by atoms with Crippen LogP contribution in [0, 0.1) is 22.1 Å². The molecule has 0 spiro atoms. The van der Waals surface area contributed by atoms with Crippen molar-refractivity contribution in [3.63, 3.8) is 0 Å². The van der Waals surface area contributed by atoms with E-state index in [-0.39, 0.29) is 5.82 Å². The maximum Gasteiger partial charge on any atom is 0.138 e. The predicted molar refractivity (Wildman–Crippen MR) is 74.3 cm³/mol. The van der Waals surface area contributed by atoms with E-state index in [1.807, 2.05) is 22.6 Å². The molecule has 0 atom stereocenters. The molecule has 0 unspecified atom stereocenters. The Hall–Kier alpha value is -0.680. The Balaban J connectivity index is 2.61. The predicted octanol–water partition coefficient (Wildman–Crippen LogP) is 5.20. The van der Waals surface area contributed by atoms with Gasteiger partial charge in [-0.15, -0.1) is 0 Å². The number of benzene rings is 2. The summed E-state index contributed by atoms with van der Waals surface area (Å²) in [5.74, 6) is -0.810. The van der Waals surface area contributed by atoms with Crippen LogP contribution in [0.1, 0.15) is 5.56 Å². The second-order valence-electron chi connectivity index (χ2n) is 3.74. The van der Waals surface area contributed by atoms with Gasteiger partial charge in [0.2, 0.25) is 0 Å². The quantitative estimate of drug-likeness (QED) is 0.482. The lowest BCUT2D eigenvalue weighted by atomic mass is 10.0. The van der Waals surface area contributed by atoms with E-state index >= 15 is 0 Å². The largest absolute Gasteiger partial charge is 0.206 e. The normalized spacial score (nSPS) is 10.6. The van der Waals surface area contributed by atoms with Gasteiger partial charge in [-0.25, -0.2) is 8.78 Å². The standard InChI is InChI=1S/C13H8ClF2I/c1-7-2-3-9(11(15)4-7)8-5-10(14)13(17)12(16)6-8/h2-6H,1H3. The molecule has 0 aromatic heterocycles. The average Bonchev–Trinajstić information content (AvgIpc) is 2.25. The second-order valence-corrected chi connectivity index (χ2v) is 5.22. The summed E-state index contributed by atoms with van der Waals surface area (Å²) < 4.78 is 27.6. The fourth-order valence-corrected chi connectivity index (χ4v) is 2.08. The Kier molecular flexibility index (Phi) is 3.68. The molecule has 2 rings (SSSR count). The van der Waals surface area contributed by atoms with Gasteiger partial charge in [0.1, 0.15) is 11.6 Å². The molecule has 0 aliphatic heterocycles. The average molecular weight is 365 g/mol. The van der Waals surface area contributed by atoms with E-state index in [0.717, 1.165) is 5.56 Å². The zero-order valence-electron chi connectivity index (χ0n) is 8.90. The van der Waals surface area contributed by atoms with Crippen molar-refractivity contribution >= 4 is 34.2 Å². The van der Waals surface area contributed by atoms with E-state index in [0.29, 0.717) is 19.7 Å². The van der Waals surface area contributed by atoms with Crippen LogP contribution in [0.15, 0.2) is 30.3 Å². The van der Waals surface area contributed by atoms with Crippen LogP contribution in [-0.4, -0.2) is 0 Å². The molecule has 17 heavy (non-hydrogen) atoms. The van der Waals surface area contributed by atoms with Crippen molar-refractivity contribution in [2.45, 2.75) is 6.92 Å². The molecule has 0 N–H and O–H groups in total. The number of halogens is 4. The molecule has 0 amide bonds. The van der Waals surface area contributed by atoms with Gasteiger partial charge >= 0.3 is 0 Å². The van der Waals surface area contributed by atoms with Crippen LogP contribution < -0.4 is 0 Å². The van der Waals surface area contributed by atoms with Gasteiger partial charge in [0.05, 0.1) is 8.59 Å². The Morgan fingerprint density at radius 2 is 1.76 bits per heavy atom. The highest BCUT2D eigenvalue weighted by Crippen LogP contribution is 2.30. The van der Waals surface area contributed by atoms with Crippen molar-refractivity contribution in [3.05, 3.63) is 56.1 Å². The minimum atomic E-state index is -0.437. The van der Waals surface area contributed by atoms with Gasteiger partial charge in [-0.1, -0.05) is 23.7 Å². The van der Waals surface area contributed by atoms with E-state index in [1.54, 1.807) is 25.1 Å². The molecule has 0 heterocycles. The van der Waals surface area contributed by atoms with Crippen molar-refractivity contribution in [2.24, 2.45) is 0 Å². The van der Waals surface area contributed by atoms with E-state index < -0.39 is 5.82 Å². The smallest absolute Gasteiger partial charge is 0.138 e. The molecule has 4 heteroatoms. The lowest BCUT2D eigenvalue weighted by molar-refractivity contribution is 0.619. The molecule has 0 aliphatic rings. The highest BCUT2D eigenvalue weighted by molar-refractivity contribution is 14.1. The Morgan fingerprint density at radius 3 is 2.35 bits per heavy atom. The summed E-state index contributed by atoms with van der Waals surface area (Å²) in [5, 5.41) is 0.292. The van der Waals surface area contributed by atoms with Crippen molar-refractivity contribution in [3.8, 4) is 11.1 Å². The molecule has 0 radical (unpaired) electrons. The Morgan fingerprint density at radius 1 is 1.06 bits per heavy atom. The lowest BCUT2D eigenvalue weighted by Gasteiger charge is -2.07. The van der Waals surface area contributed by atoms with E-state index in [9.17, 15) is 8.78 Å². The summed E-state index contributed by atoms with van der Waals surface area (Å²) in [7, 11) is 0. The third-order valence-corrected chi connectivity index (χ3v) is 4.13. The number of hydrogen-bond donors (Lipinski definition) is 0. The minimum Gasteiger partial charge on any atom is -0.206 e. The fraction of sp³-hybridized carbons (Fsp3) is 0.0769. The van der Waals surface area contributed by atoms with Crippen molar-refractivity contribution in [1.82, 2.24) is 0 Å². The molecule has 0 aliphatic carbocycles. The SMILES string of the molecule is Cc1ccc(-c2cc(F)c(I)c(Cl)c2)c(F)c1. The van der Waals surface area contributed by atoms with Crippen LogP contribution >= 0.6 is 34.2 Å². The van der Waals surface area contributed by atoms with Crippen LogP contribution in [0.25, 0.3) is 11.1 Å². The number of hydrogen-bond acceptors (Lipinski definition) is 0. The van der Waals surface area contributed by atoms with Crippen molar-refractivity contribution < 1.29 is 8.78 Å². The maximum absolute atomic E-state index is 13.7. The van der Waals surface area contributed by atoms with Gasteiger partial charge in [-0.3, -0.25) is 0 Å². The Labute approximate surface area is 117 Å². The zero-order valence-corrected chi connectivity index (χ0v) is 11.8. The lowest BCUT2D eigenvalue weighted by Crippen LogP contribution is -1.90. The number of rotatable bonds is 1. The molecule has 0 bridgehead atoms. The minimum absolute atomic E-state index is 0.292. The van der Waals surface area contributed by atoms with E-state index in [1.165, 1.54) is 12.1 Å².